The molecule has 4 nitrogen and oxygen atoms in total. The second-order valence-corrected chi connectivity index (χ2v) is 4.59. The maximum absolute atomic E-state index is 10.2. The Morgan fingerprint density at radius 3 is 2.44 bits per heavy atom. The molecular weight excluding hydrogens is 226 g/mol. The molecule has 0 saturated carbocycles. The Hall–Kier alpha value is -2.10. The second kappa shape index (κ2) is 4.29. The summed E-state index contributed by atoms with van der Waals surface area (Å²) >= 11 is 0. The van der Waals surface area contributed by atoms with Gasteiger partial charge in [0.25, 0.3) is 0 Å². The number of nitrogens with one attached hydrogen (secondary N) is 1. The summed E-state index contributed by atoms with van der Waals surface area (Å²) in [6.45, 7) is 5.70. The summed E-state index contributed by atoms with van der Waals surface area (Å²) < 4.78 is 1.62. The first kappa shape index (κ1) is 12.4. The van der Waals surface area contributed by atoms with Crippen LogP contribution in [0.2, 0.25) is 0 Å². The van der Waals surface area contributed by atoms with Crippen molar-refractivity contribution in [1.29, 1.82) is 5.41 Å². The van der Waals surface area contributed by atoms with Crippen LogP contribution in [0.3, 0.4) is 0 Å². The van der Waals surface area contributed by atoms with Crippen molar-refractivity contribution in [1.82, 2.24) is 9.78 Å². The molecule has 0 unspecified atom stereocenters. The van der Waals surface area contributed by atoms with Gasteiger partial charge in [-0.3, -0.25) is 4.68 Å². The molecule has 0 bridgehead atoms. The topological polar surface area (TPSA) is 61.9 Å². The smallest absolute Gasteiger partial charge is 0.171 e. The second-order valence-electron chi connectivity index (χ2n) is 4.59. The van der Waals surface area contributed by atoms with Gasteiger partial charge in [0.2, 0.25) is 0 Å². The molecular formula is C14H17N3O. The molecule has 0 aliphatic carbocycles. The quantitative estimate of drug-likeness (QED) is 0.797. The first-order valence-electron chi connectivity index (χ1n) is 5.81. The molecule has 0 aliphatic heterocycles. The lowest BCUT2D eigenvalue weighted by molar-refractivity contribution is 0.475. The van der Waals surface area contributed by atoms with E-state index in [1.807, 2.05) is 25.1 Å². The monoisotopic (exact) mass is 243 g/mol. The highest BCUT2D eigenvalue weighted by molar-refractivity contribution is 5.98. The van der Waals surface area contributed by atoms with E-state index in [1.165, 1.54) is 11.1 Å². The Kier molecular flexibility index (Phi) is 2.95. The fraction of sp³-hybridized carbons (Fsp3) is 0.286. The van der Waals surface area contributed by atoms with E-state index >= 15 is 0 Å². The third kappa shape index (κ3) is 1.90. The molecule has 2 N–H and O–H groups in total. The number of aryl methyl sites for hydroxylation is 3. The maximum Gasteiger partial charge on any atom is 0.171 e. The molecule has 1 aromatic heterocycles. The van der Waals surface area contributed by atoms with Gasteiger partial charge in [0, 0.05) is 12.6 Å². The van der Waals surface area contributed by atoms with E-state index < -0.39 is 0 Å². The number of hydrogen-bond acceptors (Lipinski definition) is 3. The molecule has 0 fully saturated rings. The van der Waals surface area contributed by atoms with Gasteiger partial charge in [-0.2, -0.15) is 5.10 Å². The van der Waals surface area contributed by atoms with Gasteiger partial charge in [0.15, 0.2) is 5.75 Å². The molecule has 0 radical (unpaired) electrons. The molecule has 0 amide bonds. The van der Waals surface area contributed by atoms with Gasteiger partial charge in [-0.15, -0.1) is 0 Å². The summed E-state index contributed by atoms with van der Waals surface area (Å²) in [7, 11) is 1.77. The molecule has 0 aliphatic rings. The van der Waals surface area contributed by atoms with Gasteiger partial charge in [0.1, 0.15) is 11.4 Å². The van der Waals surface area contributed by atoms with E-state index in [0.29, 0.717) is 11.4 Å². The van der Waals surface area contributed by atoms with Crippen molar-refractivity contribution in [2.45, 2.75) is 20.8 Å². The fourth-order valence-electron chi connectivity index (χ4n) is 1.98. The standard InChI is InChI=1S/C14H17N3O/c1-8-5-6-11(7-9(8)2)13-14(18)12(10(3)15)16-17(13)4/h5-7,15,18H,1-4H3. The Labute approximate surface area is 106 Å². The number of benzene rings is 1. The normalized spacial score (nSPS) is 10.7. The molecule has 4 heteroatoms. The zero-order chi connectivity index (χ0) is 13.4. The van der Waals surface area contributed by atoms with Crippen LogP contribution in [0.25, 0.3) is 11.3 Å². The highest BCUT2D eigenvalue weighted by atomic mass is 16.3. The fourth-order valence-corrected chi connectivity index (χ4v) is 1.98. The summed E-state index contributed by atoms with van der Waals surface area (Å²) in [4.78, 5) is 0. The lowest BCUT2D eigenvalue weighted by Gasteiger charge is -2.06. The van der Waals surface area contributed by atoms with E-state index in [-0.39, 0.29) is 11.5 Å². The molecule has 1 aromatic carbocycles. The highest BCUT2D eigenvalue weighted by Crippen LogP contribution is 2.32. The number of nitrogens with zero attached hydrogens (tertiary/aromatic N) is 2. The van der Waals surface area contributed by atoms with Gasteiger partial charge in [-0.05, 0) is 38.0 Å². The zero-order valence-electron chi connectivity index (χ0n) is 11.1. The Morgan fingerprint density at radius 1 is 1.28 bits per heavy atom. The van der Waals surface area contributed by atoms with Gasteiger partial charge >= 0.3 is 0 Å². The number of aromatic hydroxyl groups is 1. The van der Waals surface area contributed by atoms with Crippen molar-refractivity contribution in [3.05, 3.63) is 35.0 Å². The average molecular weight is 243 g/mol. The number of rotatable bonds is 2. The van der Waals surface area contributed by atoms with Crippen LogP contribution >= 0.6 is 0 Å². The predicted molar refractivity (Wildman–Crippen MR) is 72.3 cm³/mol. The Morgan fingerprint density at radius 2 is 1.94 bits per heavy atom. The Balaban J connectivity index is 2.64. The third-order valence-corrected chi connectivity index (χ3v) is 3.16. The van der Waals surface area contributed by atoms with Crippen molar-refractivity contribution in [2.75, 3.05) is 0 Å². The molecule has 94 valence electrons. The van der Waals surface area contributed by atoms with Crippen LogP contribution in [0.5, 0.6) is 5.75 Å². The van der Waals surface area contributed by atoms with Crippen LogP contribution in [0.15, 0.2) is 18.2 Å². The summed E-state index contributed by atoms with van der Waals surface area (Å²) in [6, 6.07) is 6.01. The van der Waals surface area contributed by atoms with Crippen molar-refractivity contribution in [3.8, 4) is 17.0 Å². The molecule has 18 heavy (non-hydrogen) atoms. The maximum atomic E-state index is 10.2. The predicted octanol–water partition coefficient (Wildman–Crippen LogP) is 2.80. The minimum atomic E-state index is 0.0771. The average Bonchev–Trinajstić information content (AvgIpc) is 2.59. The SMILES string of the molecule is CC(=N)c1nn(C)c(-c2ccc(C)c(C)c2)c1O. The van der Waals surface area contributed by atoms with Crippen molar-refractivity contribution >= 4 is 5.71 Å². The molecule has 1 heterocycles. The van der Waals surface area contributed by atoms with E-state index in [1.54, 1.807) is 18.7 Å². The molecule has 2 aromatic rings. The van der Waals surface area contributed by atoms with E-state index in [0.717, 1.165) is 5.56 Å². The first-order valence-corrected chi connectivity index (χ1v) is 5.81. The Bertz CT molecular complexity index is 626. The minimum absolute atomic E-state index is 0.0771. The van der Waals surface area contributed by atoms with Gasteiger partial charge in [-0.25, -0.2) is 0 Å². The van der Waals surface area contributed by atoms with E-state index in [4.69, 9.17) is 5.41 Å². The van der Waals surface area contributed by atoms with Crippen LogP contribution in [-0.4, -0.2) is 20.6 Å². The van der Waals surface area contributed by atoms with Crippen molar-refractivity contribution in [2.24, 2.45) is 7.05 Å². The number of aromatic nitrogens is 2. The van der Waals surface area contributed by atoms with Crippen LogP contribution in [-0.2, 0) is 7.05 Å². The zero-order valence-corrected chi connectivity index (χ0v) is 11.1. The van der Waals surface area contributed by atoms with Crippen LogP contribution in [0.4, 0.5) is 0 Å². The van der Waals surface area contributed by atoms with Crippen LogP contribution < -0.4 is 0 Å². The number of hydrogen-bond donors (Lipinski definition) is 2. The van der Waals surface area contributed by atoms with Gasteiger partial charge < -0.3 is 10.5 Å². The van der Waals surface area contributed by atoms with Crippen LogP contribution in [0, 0.1) is 19.3 Å². The molecule has 0 saturated heterocycles. The summed E-state index contributed by atoms with van der Waals surface area (Å²) in [5.74, 6) is 0.0771. The summed E-state index contributed by atoms with van der Waals surface area (Å²) in [6.07, 6.45) is 0. The summed E-state index contributed by atoms with van der Waals surface area (Å²) in [5, 5.41) is 21.9. The van der Waals surface area contributed by atoms with E-state index in [9.17, 15) is 5.11 Å². The summed E-state index contributed by atoms with van der Waals surface area (Å²) in [5.41, 5.74) is 4.55. The van der Waals surface area contributed by atoms with E-state index in [2.05, 4.69) is 12.0 Å². The van der Waals surface area contributed by atoms with Gasteiger partial charge in [-0.1, -0.05) is 12.1 Å². The lowest BCUT2D eigenvalue weighted by Crippen LogP contribution is -1.97. The molecule has 2 rings (SSSR count). The largest absolute Gasteiger partial charge is 0.504 e. The first-order chi connectivity index (χ1) is 8.41. The molecule has 0 atom stereocenters. The lowest BCUT2D eigenvalue weighted by atomic mass is 10.0. The third-order valence-electron chi connectivity index (χ3n) is 3.16. The van der Waals surface area contributed by atoms with Crippen molar-refractivity contribution < 1.29 is 5.11 Å². The van der Waals surface area contributed by atoms with Gasteiger partial charge in [0.05, 0.1) is 5.71 Å². The molecule has 0 spiro atoms. The van der Waals surface area contributed by atoms with Crippen LogP contribution in [0.1, 0.15) is 23.7 Å². The minimum Gasteiger partial charge on any atom is -0.504 e. The van der Waals surface area contributed by atoms with Crippen molar-refractivity contribution in [3.63, 3.8) is 0 Å². The highest BCUT2D eigenvalue weighted by Gasteiger charge is 2.18.